The molecule has 1 heterocycles. The van der Waals surface area contributed by atoms with Gasteiger partial charge in [0.25, 0.3) is 5.91 Å². The number of carbonyl (C=O) groups is 1. The fourth-order valence-electron chi connectivity index (χ4n) is 2.29. The fraction of sp³-hybridized carbons (Fsp3) is 0.111. The Hall–Kier alpha value is -3.06. The van der Waals surface area contributed by atoms with Crippen LogP contribution in [0.15, 0.2) is 47.8 Å². The standard InChI is InChI=1S/C18H16N2O4S/c1-23-15-8-7-11(9-16(15)24-2)17(22)20-18-19-13(10-25-18)12-5-3-4-6-14(12)21/h3-10,21H,1-2H3,(H,19,20,22). The molecule has 6 nitrogen and oxygen atoms in total. The van der Waals surface area contributed by atoms with Gasteiger partial charge in [-0.3, -0.25) is 10.1 Å². The van der Waals surface area contributed by atoms with Gasteiger partial charge in [0.15, 0.2) is 16.6 Å². The van der Waals surface area contributed by atoms with Crippen molar-refractivity contribution in [2.24, 2.45) is 0 Å². The average Bonchev–Trinajstić information content (AvgIpc) is 3.09. The van der Waals surface area contributed by atoms with Gasteiger partial charge < -0.3 is 14.6 Å². The van der Waals surface area contributed by atoms with Crippen LogP contribution in [0.4, 0.5) is 5.13 Å². The van der Waals surface area contributed by atoms with Gasteiger partial charge in [-0.2, -0.15) is 0 Å². The number of phenols is 1. The van der Waals surface area contributed by atoms with Gasteiger partial charge >= 0.3 is 0 Å². The number of ether oxygens (including phenoxy) is 2. The van der Waals surface area contributed by atoms with Crippen molar-refractivity contribution in [3.63, 3.8) is 0 Å². The molecule has 0 aliphatic heterocycles. The lowest BCUT2D eigenvalue weighted by atomic mass is 10.1. The first-order valence-corrected chi connectivity index (χ1v) is 8.27. The summed E-state index contributed by atoms with van der Waals surface area (Å²) in [4.78, 5) is 16.8. The number of amides is 1. The highest BCUT2D eigenvalue weighted by Crippen LogP contribution is 2.32. The number of nitrogens with one attached hydrogen (secondary N) is 1. The molecule has 3 rings (SSSR count). The molecule has 2 aromatic carbocycles. The Morgan fingerprint density at radius 2 is 1.88 bits per heavy atom. The van der Waals surface area contributed by atoms with Crippen LogP contribution < -0.4 is 14.8 Å². The van der Waals surface area contributed by atoms with E-state index in [1.54, 1.807) is 41.8 Å². The van der Waals surface area contributed by atoms with Crippen LogP contribution in [0.2, 0.25) is 0 Å². The van der Waals surface area contributed by atoms with Crippen LogP contribution in [0.5, 0.6) is 17.2 Å². The van der Waals surface area contributed by atoms with Crippen molar-refractivity contribution in [2.75, 3.05) is 19.5 Å². The van der Waals surface area contributed by atoms with Crippen LogP contribution in [0.1, 0.15) is 10.4 Å². The lowest BCUT2D eigenvalue weighted by Crippen LogP contribution is -2.12. The number of anilines is 1. The number of phenolic OH excluding ortho intramolecular Hbond substituents is 1. The van der Waals surface area contributed by atoms with Gasteiger partial charge in [0.05, 0.1) is 19.9 Å². The van der Waals surface area contributed by atoms with E-state index in [9.17, 15) is 9.90 Å². The Kier molecular flexibility index (Phi) is 4.85. The van der Waals surface area contributed by atoms with Crippen molar-refractivity contribution < 1.29 is 19.4 Å². The third kappa shape index (κ3) is 3.56. The van der Waals surface area contributed by atoms with Gasteiger partial charge in [0.2, 0.25) is 0 Å². The van der Waals surface area contributed by atoms with E-state index in [1.807, 2.05) is 6.07 Å². The van der Waals surface area contributed by atoms with E-state index in [0.717, 1.165) is 0 Å². The largest absolute Gasteiger partial charge is 0.507 e. The van der Waals surface area contributed by atoms with Crippen molar-refractivity contribution in [1.29, 1.82) is 0 Å². The molecule has 1 amide bonds. The summed E-state index contributed by atoms with van der Waals surface area (Å²) < 4.78 is 10.4. The summed E-state index contributed by atoms with van der Waals surface area (Å²) in [6.07, 6.45) is 0. The van der Waals surface area contributed by atoms with Crippen molar-refractivity contribution in [3.8, 4) is 28.5 Å². The molecule has 0 atom stereocenters. The Bertz CT molecular complexity index is 908. The zero-order chi connectivity index (χ0) is 17.8. The first kappa shape index (κ1) is 16.8. The van der Waals surface area contributed by atoms with Crippen LogP contribution >= 0.6 is 11.3 Å². The maximum Gasteiger partial charge on any atom is 0.257 e. The minimum Gasteiger partial charge on any atom is -0.507 e. The third-order valence-corrected chi connectivity index (χ3v) is 4.31. The lowest BCUT2D eigenvalue weighted by molar-refractivity contribution is 0.102. The van der Waals surface area contributed by atoms with E-state index in [0.29, 0.717) is 33.5 Å². The first-order valence-electron chi connectivity index (χ1n) is 7.39. The second-order valence-electron chi connectivity index (χ2n) is 5.08. The number of para-hydroxylation sites is 1. The van der Waals surface area contributed by atoms with Gasteiger partial charge in [-0.1, -0.05) is 12.1 Å². The topological polar surface area (TPSA) is 80.7 Å². The highest BCUT2D eigenvalue weighted by molar-refractivity contribution is 7.14. The Balaban J connectivity index is 1.79. The normalized spacial score (nSPS) is 10.3. The van der Waals surface area contributed by atoms with Gasteiger partial charge in [-0.25, -0.2) is 4.98 Å². The maximum atomic E-state index is 12.4. The number of hydrogen-bond donors (Lipinski definition) is 2. The second kappa shape index (κ2) is 7.23. The van der Waals surface area contributed by atoms with Crippen molar-refractivity contribution in [1.82, 2.24) is 4.98 Å². The molecular formula is C18H16N2O4S. The summed E-state index contributed by atoms with van der Waals surface area (Å²) >= 11 is 1.28. The molecule has 0 aliphatic rings. The number of thiazole rings is 1. The quantitative estimate of drug-likeness (QED) is 0.727. The highest BCUT2D eigenvalue weighted by Gasteiger charge is 2.14. The number of aromatic hydroxyl groups is 1. The SMILES string of the molecule is COc1ccc(C(=O)Nc2nc(-c3ccccc3O)cs2)cc1OC. The van der Waals surface area contributed by atoms with E-state index in [2.05, 4.69) is 10.3 Å². The van der Waals surface area contributed by atoms with Gasteiger partial charge in [0, 0.05) is 16.5 Å². The van der Waals surface area contributed by atoms with E-state index >= 15 is 0 Å². The average molecular weight is 356 g/mol. The number of carbonyl (C=O) groups excluding carboxylic acids is 1. The number of nitrogens with zero attached hydrogens (tertiary/aromatic N) is 1. The number of methoxy groups -OCH3 is 2. The van der Waals surface area contributed by atoms with E-state index < -0.39 is 0 Å². The summed E-state index contributed by atoms with van der Waals surface area (Å²) in [6.45, 7) is 0. The molecule has 0 fully saturated rings. The van der Waals surface area contributed by atoms with E-state index in [-0.39, 0.29) is 11.7 Å². The lowest BCUT2D eigenvalue weighted by Gasteiger charge is -2.09. The molecule has 0 bridgehead atoms. The highest BCUT2D eigenvalue weighted by atomic mass is 32.1. The number of benzene rings is 2. The first-order chi connectivity index (χ1) is 12.1. The Labute approximate surface area is 148 Å². The fourth-order valence-corrected chi connectivity index (χ4v) is 3.00. The Morgan fingerprint density at radius 3 is 2.60 bits per heavy atom. The molecule has 1 aromatic heterocycles. The molecule has 3 aromatic rings. The van der Waals surface area contributed by atoms with Crippen LogP contribution in [0.25, 0.3) is 11.3 Å². The van der Waals surface area contributed by atoms with Crippen LogP contribution in [-0.4, -0.2) is 30.2 Å². The monoisotopic (exact) mass is 356 g/mol. The molecule has 128 valence electrons. The van der Waals surface area contributed by atoms with Gasteiger partial charge in [-0.05, 0) is 30.3 Å². The van der Waals surface area contributed by atoms with Crippen molar-refractivity contribution in [2.45, 2.75) is 0 Å². The second-order valence-corrected chi connectivity index (χ2v) is 5.94. The molecule has 0 radical (unpaired) electrons. The van der Waals surface area contributed by atoms with Crippen molar-refractivity contribution >= 4 is 22.4 Å². The molecule has 0 saturated carbocycles. The molecule has 7 heteroatoms. The molecular weight excluding hydrogens is 340 g/mol. The molecule has 0 saturated heterocycles. The summed E-state index contributed by atoms with van der Waals surface area (Å²) in [5, 5.41) is 14.9. The predicted molar refractivity (Wildman–Crippen MR) is 96.7 cm³/mol. The minimum absolute atomic E-state index is 0.144. The van der Waals surface area contributed by atoms with Gasteiger partial charge in [0.1, 0.15) is 5.75 Å². The smallest absolute Gasteiger partial charge is 0.257 e. The maximum absolute atomic E-state index is 12.4. The Morgan fingerprint density at radius 1 is 1.12 bits per heavy atom. The third-order valence-electron chi connectivity index (χ3n) is 3.55. The van der Waals surface area contributed by atoms with Crippen LogP contribution in [-0.2, 0) is 0 Å². The molecule has 0 aliphatic carbocycles. The van der Waals surface area contributed by atoms with E-state index in [4.69, 9.17) is 9.47 Å². The predicted octanol–water partition coefficient (Wildman–Crippen LogP) is 3.79. The summed E-state index contributed by atoms with van der Waals surface area (Å²) in [6, 6.07) is 11.8. The number of aromatic nitrogens is 1. The van der Waals surface area contributed by atoms with Gasteiger partial charge in [-0.15, -0.1) is 11.3 Å². The molecule has 25 heavy (non-hydrogen) atoms. The van der Waals surface area contributed by atoms with E-state index in [1.165, 1.54) is 25.6 Å². The summed E-state index contributed by atoms with van der Waals surface area (Å²) in [5.41, 5.74) is 1.65. The summed E-state index contributed by atoms with van der Waals surface area (Å²) in [5.74, 6) is 0.865. The molecule has 0 spiro atoms. The minimum atomic E-state index is -0.306. The zero-order valence-corrected chi connectivity index (χ0v) is 14.5. The van der Waals surface area contributed by atoms with Crippen LogP contribution in [0.3, 0.4) is 0 Å². The summed E-state index contributed by atoms with van der Waals surface area (Å²) in [7, 11) is 3.05. The molecule has 0 unspecified atom stereocenters. The zero-order valence-electron chi connectivity index (χ0n) is 13.6. The number of hydrogen-bond acceptors (Lipinski definition) is 6. The van der Waals surface area contributed by atoms with Crippen molar-refractivity contribution in [3.05, 3.63) is 53.4 Å². The van der Waals surface area contributed by atoms with Crippen LogP contribution in [0, 0.1) is 0 Å². The number of rotatable bonds is 5. The molecule has 2 N–H and O–H groups in total.